The first kappa shape index (κ1) is 19.4. The van der Waals surface area contributed by atoms with Crippen molar-refractivity contribution in [2.75, 3.05) is 36.4 Å². The van der Waals surface area contributed by atoms with Gasteiger partial charge in [0, 0.05) is 38.1 Å². The Labute approximate surface area is 171 Å². The van der Waals surface area contributed by atoms with Crippen LogP contribution in [0.1, 0.15) is 31.7 Å². The van der Waals surface area contributed by atoms with E-state index in [1.165, 1.54) is 0 Å². The van der Waals surface area contributed by atoms with Gasteiger partial charge in [0.15, 0.2) is 0 Å². The van der Waals surface area contributed by atoms with Crippen LogP contribution in [0.3, 0.4) is 0 Å². The molecular weight excluding hydrogens is 364 g/mol. The maximum Gasteiger partial charge on any atom is 0.228 e. The van der Waals surface area contributed by atoms with Gasteiger partial charge in [-0.2, -0.15) is 0 Å². The largest absolute Gasteiger partial charge is 0.353 e. The van der Waals surface area contributed by atoms with Gasteiger partial charge in [0.25, 0.3) is 0 Å². The summed E-state index contributed by atoms with van der Waals surface area (Å²) in [5.74, 6) is 0.969. The maximum absolute atomic E-state index is 12.9. The minimum absolute atomic E-state index is 0.0384. The Hall–Kier alpha value is -2.89. The topological polar surface area (TPSA) is 65.5 Å². The van der Waals surface area contributed by atoms with E-state index in [9.17, 15) is 9.59 Å². The van der Waals surface area contributed by atoms with Crippen molar-refractivity contribution in [3.8, 4) is 0 Å². The zero-order valence-electron chi connectivity index (χ0n) is 17.0. The Morgan fingerprint density at radius 2 is 1.72 bits per heavy atom. The summed E-state index contributed by atoms with van der Waals surface area (Å²) in [6, 6.07) is 13.8. The molecule has 4 rings (SSSR count). The molecule has 1 saturated heterocycles. The Morgan fingerprint density at radius 3 is 2.41 bits per heavy atom. The number of para-hydroxylation sites is 1. The van der Waals surface area contributed by atoms with Crippen molar-refractivity contribution in [2.24, 2.45) is 11.8 Å². The Kier molecular flexibility index (Phi) is 5.51. The van der Waals surface area contributed by atoms with Gasteiger partial charge < -0.3 is 15.1 Å². The zero-order chi connectivity index (χ0) is 20.4. The van der Waals surface area contributed by atoms with Gasteiger partial charge in [-0.15, -0.1) is 0 Å². The number of amides is 2. The molecule has 1 aliphatic heterocycles. The van der Waals surface area contributed by atoms with Gasteiger partial charge in [-0.3, -0.25) is 9.59 Å². The number of nitrogens with zero attached hydrogens (tertiary/aromatic N) is 3. The third kappa shape index (κ3) is 4.26. The lowest BCUT2D eigenvalue weighted by Gasteiger charge is -2.35. The summed E-state index contributed by atoms with van der Waals surface area (Å²) in [6.45, 7) is 7.12. The van der Waals surface area contributed by atoms with E-state index in [-0.39, 0.29) is 23.7 Å². The van der Waals surface area contributed by atoms with Gasteiger partial charge in [0.1, 0.15) is 5.82 Å². The van der Waals surface area contributed by atoms with Crippen LogP contribution in [-0.2, 0) is 9.59 Å². The number of benzene rings is 1. The molecule has 1 aromatic heterocycles. The predicted molar refractivity (Wildman–Crippen MR) is 114 cm³/mol. The molecule has 1 saturated carbocycles. The second-order valence-corrected chi connectivity index (χ2v) is 8.18. The lowest BCUT2D eigenvalue weighted by atomic mass is 10.0. The number of piperazine rings is 1. The summed E-state index contributed by atoms with van der Waals surface area (Å²) in [5, 5.41) is 3.04. The van der Waals surface area contributed by atoms with Crippen LogP contribution >= 0.6 is 0 Å². The highest BCUT2D eigenvalue weighted by molar-refractivity contribution is 6.00. The van der Waals surface area contributed by atoms with Crippen molar-refractivity contribution in [1.29, 1.82) is 0 Å². The first-order valence-electron chi connectivity index (χ1n) is 10.4. The van der Waals surface area contributed by atoms with Crippen LogP contribution in [-0.4, -0.2) is 47.9 Å². The number of pyridine rings is 1. The molecule has 2 heterocycles. The van der Waals surface area contributed by atoms with Gasteiger partial charge in [-0.1, -0.05) is 38.1 Å². The number of nitrogens with one attached hydrogen (secondary N) is 1. The molecular formula is C23H28N4O2. The third-order valence-electron chi connectivity index (χ3n) is 5.85. The van der Waals surface area contributed by atoms with Gasteiger partial charge >= 0.3 is 0 Å². The van der Waals surface area contributed by atoms with E-state index in [4.69, 9.17) is 0 Å². The average Bonchev–Trinajstić information content (AvgIpc) is 3.55. The van der Waals surface area contributed by atoms with E-state index in [0.29, 0.717) is 25.4 Å². The molecule has 0 radical (unpaired) electrons. The Bertz CT molecular complexity index is 875. The van der Waals surface area contributed by atoms with E-state index in [2.05, 4.69) is 29.0 Å². The minimum atomic E-state index is -0.212. The Balaban J connectivity index is 1.30. The van der Waals surface area contributed by atoms with Crippen LogP contribution in [0.5, 0.6) is 0 Å². The quantitative estimate of drug-likeness (QED) is 0.849. The molecule has 2 atom stereocenters. The van der Waals surface area contributed by atoms with Crippen molar-refractivity contribution < 1.29 is 9.59 Å². The average molecular weight is 393 g/mol. The van der Waals surface area contributed by atoms with Gasteiger partial charge in [0.2, 0.25) is 11.8 Å². The van der Waals surface area contributed by atoms with Crippen molar-refractivity contribution in [3.63, 3.8) is 0 Å². The fourth-order valence-corrected chi connectivity index (χ4v) is 4.03. The van der Waals surface area contributed by atoms with Crippen LogP contribution in [0, 0.1) is 11.8 Å². The molecule has 0 bridgehead atoms. The summed E-state index contributed by atoms with van der Waals surface area (Å²) < 4.78 is 0. The molecule has 6 nitrogen and oxygen atoms in total. The van der Waals surface area contributed by atoms with E-state index in [0.717, 1.165) is 30.2 Å². The molecule has 1 N–H and O–H groups in total. The minimum Gasteiger partial charge on any atom is -0.353 e. The standard InChI is InChI=1S/C23H28N4O2/c1-16(2)17-7-3-4-8-20(17)25-22(28)18-15-19(18)23(29)27-13-11-26(12-14-27)21-9-5-6-10-24-21/h3-10,16,18-19H,11-15H2,1-2H3,(H,25,28). The van der Waals surface area contributed by atoms with E-state index in [1.54, 1.807) is 6.20 Å². The van der Waals surface area contributed by atoms with Crippen molar-refractivity contribution in [2.45, 2.75) is 26.2 Å². The summed E-state index contributed by atoms with van der Waals surface area (Å²) in [4.78, 5) is 34.0. The lowest BCUT2D eigenvalue weighted by molar-refractivity contribution is -0.134. The maximum atomic E-state index is 12.9. The number of hydrogen-bond donors (Lipinski definition) is 1. The highest BCUT2D eigenvalue weighted by Gasteiger charge is 2.49. The molecule has 2 aromatic rings. The van der Waals surface area contributed by atoms with Crippen molar-refractivity contribution in [3.05, 3.63) is 54.2 Å². The highest BCUT2D eigenvalue weighted by atomic mass is 16.2. The molecule has 1 aliphatic carbocycles. The number of carbonyl (C=O) groups is 2. The SMILES string of the molecule is CC(C)c1ccccc1NC(=O)C1CC1C(=O)N1CCN(c2ccccn2)CC1. The number of hydrogen-bond acceptors (Lipinski definition) is 4. The second kappa shape index (κ2) is 8.23. The van der Waals surface area contributed by atoms with Gasteiger partial charge in [0.05, 0.1) is 11.8 Å². The highest BCUT2D eigenvalue weighted by Crippen LogP contribution is 2.41. The van der Waals surface area contributed by atoms with Gasteiger partial charge in [-0.05, 0) is 36.1 Å². The van der Waals surface area contributed by atoms with Crippen molar-refractivity contribution >= 4 is 23.3 Å². The smallest absolute Gasteiger partial charge is 0.228 e. The molecule has 2 amide bonds. The van der Waals surface area contributed by atoms with Crippen molar-refractivity contribution in [1.82, 2.24) is 9.88 Å². The van der Waals surface area contributed by atoms with Crippen LogP contribution < -0.4 is 10.2 Å². The Morgan fingerprint density at radius 1 is 1.00 bits per heavy atom. The van der Waals surface area contributed by atoms with E-state index < -0.39 is 0 Å². The predicted octanol–water partition coefficient (Wildman–Crippen LogP) is 3.13. The van der Waals surface area contributed by atoms with E-state index >= 15 is 0 Å². The first-order chi connectivity index (χ1) is 14.0. The fraction of sp³-hybridized carbons (Fsp3) is 0.435. The normalized spacial score (nSPS) is 21.2. The zero-order valence-corrected chi connectivity index (χ0v) is 17.0. The first-order valence-corrected chi connectivity index (χ1v) is 10.4. The number of aromatic nitrogens is 1. The fourth-order valence-electron chi connectivity index (χ4n) is 4.03. The second-order valence-electron chi connectivity index (χ2n) is 8.18. The summed E-state index contributed by atoms with van der Waals surface area (Å²) in [5.41, 5.74) is 1.98. The molecule has 1 aromatic carbocycles. The van der Waals surface area contributed by atoms with E-state index in [1.807, 2.05) is 47.4 Å². The van der Waals surface area contributed by atoms with Gasteiger partial charge in [-0.25, -0.2) is 4.98 Å². The molecule has 29 heavy (non-hydrogen) atoms. The number of carbonyl (C=O) groups excluding carboxylic acids is 2. The van der Waals surface area contributed by atoms with Crippen LogP contribution in [0.25, 0.3) is 0 Å². The molecule has 152 valence electrons. The van der Waals surface area contributed by atoms with Crippen LogP contribution in [0.4, 0.5) is 11.5 Å². The summed E-state index contributed by atoms with van der Waals surface area (Å²) in [6.07, 6.45) is 2.44. The number of anilines is 2. The monoisotopic (exact) mass is 392 g/mol. The summed E-state index contributed by atoms with van der Waals surface area (Å²) in [7, 11) is 0. The molecule has 2 fully saturated rings. The van der Waals surface area contributed by atoms with Crippen LogP contribution in [0.15, 0.2) is 48.7 Å². The summed E-state index contributed by atoms with van der Waals surface area (Å²) >= 11 is 0. The molecule has 0 spiro atoms. The number of rotatable bonds is 5. The third-order valence-corrected chi connectivity index (χ3v) is 5.85. The molecule has 6 heteroatoms. The lowest BCUT2D eigenvalue weighted by Crippen LogP contribution is -2.49. The molecule has 2 aliphatic rings. The van der Waals surface area contributed by atoms with Crippen LogP contribution in [0.2, 0.25) is 0 Å². The molecule has 2 unspecified atom stereocenters.